The molecule has 3 aromatic rings. The van der Waals surface area contributed by atoms with Crippen LogP contribution in [0.1, 0.15) is 31.9 Å². The molecule has 0 aliphatic heterocycles. The van der Waals surface area contributed by atoms with Gasteiger partial charge in [-0.2, -0.15) is 13.2 Å². The van der Waals surface area contributed by atoms with E-state index in [9.17, 15) is 22.4 Å². The van der Waals surface area contributed by atoms with Gasteiger partial charge in [-0.25, -0.2) is 23.8 Å². The van der Waals surface area contributed by atoms with Crippen LogP contribution in [-0.2, 0) is 11.6 Å². The van der Waals surface area contributed by atoms with Crippen molar-refractivity contribution in [3.63, 3.8) is 0 Å². The Hall–Kier alpha value is -2.33. The summed E-state index contributed by atoms with van der Waals surface area (Å²) >= 11 is 6.79. The van der Waals surface area contributed by atoms with Gasteiger partial charge in [-0.3, -0.25) is 0 Å². The number of hydrogen-bond acceptors (Lipinski definition) is 4. The Bertz CT molecular complexity index is 1100. The highest BCUT2D eigenvalue weighted by atomic mass is 35.5. The summed E-state index contributed by atoms with van der Waals surface area (Å²) in [6.45, 7) is 5.61. The summed E-state index contributed by atoms with van der Waals surface area (Å²) < 4.78 is 53.4. The molecule has 5 nitrogen and oxygen atoms in total. The van der Waals surface area contributed by atoms with Gasteiger partial charge in [0.25, 0.3) is 0 Å². The molecule has 0 saturated heterocycles. The zero-order valence-corrected chi connectivity index (χ0v) is 17.0. The van der Waals surface area contributed by atoms with Crippen molar-refractivity contribution in [1.82, 2.24) is 19.7 Å². The third-order valence-corrected chi connectivity index (χ3v) is 5.19. The van der Waals surface area contributed by atoms with Crippen LogP contribution in [0.3, 0.4) is 0 Å². The molecule has 11 heteroatoms. The molecular weight excluding hydrogens is 432 g/mol. The number of H-pyrrole nitrogens is 1. The molecule has 0 unspecified atom stereocenters. The van der Waals surface area contributed by atoms with Gasteiger partial charge in [0.2, 0.25) is 5.16 Å². The van der Waals surface area contributed by atoms with Crippen molar-refractivity contribution in [3.8, 4) is 5.69 Å². The molecule has 0 atom stereocenters. The zero-order chi connectivity index (χ0) is 21.6. The van der Waals surface area contributed by atoms with Gasteiger partial charge in [-0.05, 0) is 47.0 Å². The second kappa shape index (κ2) is 7.49. The van der Waals surface area contributed by atoms with E-state index in [1.54, 1.807) is 0 Å². The molecule has 3 rings (SSSR count). The smallest absolute Gasteiger partial charge is 0.249 e. The highest BCUT2D eigenvalue weighted by Gasteiger charge is 2.31. The van der Waals surface area contributed by atoms with Crippen molar-refractivity contribution in [2.75, 3.05) is 0 Å². The van der Waals surface area contributed by atoms with Crippen LogP contribution in [-0.4, -0.2) is 19.7 Å². The predicted octanol–water partition coefficient (Wildman–Crippen LogP) is 5.22. The van der Waals surface area contributed by atoms with Crippen molar-refractivity contribution in [1.29, 1.82) is 0 Å². The van der Waals surface area contributed by atoms with Crippen LogP contribution in [0.5, 0.6) is 0 Å². The third-order valence-electron chi connectivity index (χ3n) is 3.99. The SMILES string of the molecule is CC(C)(C)c1cc(Cl)c(F)cc1-n1c(Sc2ccc(C(F)(F)F)cn2)n[nH]c1=O. The average Bonchev–Trinajstić information content (AvgIpc) is 2.96. The number of hydrogen-bond donors (Lipinski definition) is 1. The van der Waals surface area contributed by atoms with Crippen LogP contribution in [0.25, 0.3) is 5.69 Å². The first-order valence-electron chi connectivity index (χ1n) is 8.26. The van der Waals surface area contributed by atoms with Gasteiger partial charge in [0.15, 0.2) is 0 Å². The summed E-state index contributed by atoms with van der Waals surface area (Å²) in [5.41, 5.74) is -1.19. The summed E-state index contributed by atoms with van der Waals surface area (Å²) in [4.78, 5) is 16.2. The number of pyridine rings is 1. The highest BCUT2D eigenvalue weighted by Crippen LogP contribution is 2.35. The van der Waals surface area contributed by atoms with Crippen LogP contribution in [0, 0.1) is 5.82 Å². The molecule has 0 spiro atoms. The lowest BCUT2D eigenvalue weighted by molar-refractivity contribution is -0.137. The van der Waals surface area contributed by atoms with E-state index in [0.717, 1.165) is 28.5 Å². The topological polar surface area (TPSA) is 63.6 Å². The van der Waals surface area contributed by atoms with Gasteiger partial charge >= 0.3 is 11.9 Å². The fourth-order valence-corrected chi connectivity index (χ4v) is 3.54. The van der Waals surface area contributed by atoms with Gasteiger partial charge in [-0.1, -0.05) is 32.4 Å². The lowest BCUT2D eigenvalue weighted by Gasteiger charge is -2.23. The summed E-state index contributed by atoms with van der Waals surface area (Å²) in [6.07, 6.45) is -3.81. The number of aromatic amines is 1. The maximum absolute atomic E-state index is 14.2. The van der Waals surface area contributed by atoms with Gasteiger partial charge < -0.3 is 0 Å². The molecular formula is C18H15ClF4N4OS. The van der Waals surface area contributed by atoms with Gasteiger partial charge in [0.1, 0.15) is 10.8 Å². The molecule has 2 heterocycles. The molecule has 0 aliphatic rings. The molecule has 0 fully saturated rings. The largest absolute Gasteiger partial charge is 0.417 e. The fraction of sp³-hybridized carbons (Fsp3) is 0.278. The number of benzene rings is 1. The first-order valence-corrected chi connectivity index (χ1v) is 9.46. The van der Waals surface area contributed by atoms with Crippen molar-refractivity contribution < 1.29 is 17.6 Å². The van der Waals surface area contributed by atoms with Crippen molar-refractivity contribution in [2.24, 2.45) is 0 Å². The Morgan fingerprint density at radius 3 is 2.41 bits per heavy atom. The fourth-order valence-electron chi connectivity index (χ4n) is 2.59. The van der Waals surface area contributed by atoms with E-state index >= 15 is 0 Å². The molecule has 1 N–H and O–H groups in total. The van der Waals surface area contributed by atoms with Crippen molar-refractivity contribution in [2.45, 2.75) is 42.5 Å². The normalized spacial score (nSPS) is 12.4. The van der Waals surface area contributed by atoms with E-state index in [-0.39, 0.29) is 20.9 Å². The van der Waals surface area contributed by atoms with E-state index in [4.69, 9.17) is 11.6 Å². The Morgan fingerprint density at radius 1 is 1.17 bits per heavy atom. The highest BCUT2D eigenvalue weighted by molar-refractivity contribution is 7.99. The summed E-state index contributed by atoms with van der Waals surface area (Å²) in [6, 6.07) is 4.62. The summed E-state index contributed by atoms with van der Waals surface area (Å²) in [7, 11) is 0. The lowest BCUT2D eigenvalue weighted by Crippen LogP contribution is -2.22. The summed E-state index contributed by atoms with van der Waals surface area (Å²) in [5.74, 6) is -0.716. The Balaban J connectivity index is 2.08. The molecule has 29 heavy (non-hydrogen) atoms. The number of alkyl halides is 3. The van der Waals surface area contributed by atoms with Gasteiger partial charge in [-0.15, -0.1) is 5.10 Å². The molecule has 1 aromatic carbocycles. The van der Waals surface area contributed by atoms with Crippen LogP contribution in [0.15, 0.2) is 45.4 Å². The van der Waals surface area contributed by atoms with E-state index in [1.165, 1.54) is 12.1 Å². The van der Waals surface area contributed by atoms with Crippen molar-refractivity contribution >= 4 is 23.4 Å². The number of aromatic nitrogens is 4. The third kappa shape index (κ3) is 4.48. The first kappa shape index (κ1) is 21.4. The van der Waals surface area contributed by atoms with Crippen LogP contribution in [0.2, 0.25) is 5.02 Å². The van der Waals surface area contributed by atoms with Gasteiger partial charge in [0.05, 0.1) is 16.3 Å². The Morgan fingerprint density at radius 2 is 1.86 bits per heavy atom. The molecule has 0 bridgehead atoms. The quantitative estimate of drug-likeness (QED) is 0.560. The zero-order valence-electron chi connectivity index (χ0n) is 15.4. The second-order valence-corrected chi connectivity index (χ2v) is 8.56. The predicted molar refractivity (Wildman–Crippen MR) is 101 cm³/mol. The van der Waals surface area contributed by atoms with E-state index in [1.807, 2.05) is 20.8 Å². The molecule has 0 amide bonds. The minimum absolute atomic E-state index is 0.0890. The van der Waals surface area contributed by atoms with Crippen LogP contribution in [0.4, 0.5) is 17.6 Å². The molecule has 0 radical (unpaired) electrons. The van der Waals surface area contributed by atoms with Gasteiger partial charge in [0, 0.05) is 6.20 Å². The van der Waals surface area contributed by atoms with E-state index < -0.39 is 28.7 Å². The monoisotopic (exact) mass is 446 g/mol. The molecule has 154 valence electrons. The number of nitrogens with zero attached hydrogens (tertiary/aromatic N) is 3. The molecule has 0 aliphatic carbocycles. The molecule has 2 aromatic heterocycles. The lowest BCUT2D eigenvalue weighted by atomic mass is 9.85. The number of rotatable bonds is 3. The number of halogens is 5. The maximum Gasteiger partial charge on any atom is 0.417 e. The minimum atomic E-state index is -4.51. The Kier molecular flexibility index (Phi) is 5.52. The molecule has 0 saturated carbocycles. The first-order chi connectivity index (χ1) is 13.4. The Labute approximate surface area is 172 Å². The second-order valence-electron chi connectivity index (χ2n) is 7.17. The standard InChI is InChI=1S/C18H15ClF4N4OS/c1-17(2,3)10-6-11(19)12(20)7-13(10)27-15(28)25-26-16(27)29-14-5-4-9(8-24-14)18(21,22)23/h4-8H,1-3H3,(H,25,28). The summed E-state index contributed by atoms with van der Waals surface area (Å²) in [5, 5.41) is 6.37. The van der Waals surface area contributed by atoms with Crippen LogP contribution >= 0.6 is 23.4 Å². The average molecular weight is 447 g/mol. The number of nitrogens with one attached hydrogen (secondary N) is 1. The van der Waals surface area contributed by atoms with E-state index in [2.05, 4.69) is 15.2 Å². The maximum atomic E-state index is 14.2. The van der Waals surface area contributed by atoms with E-state index in [0.29, 0.717) is 11.8 Å². The minimum Gasteiger partial charge on any atom is -0.249 e. The van der Waals surface area contributed by atoms with Crippen molar-refractivity contribution in [3.05, 3.63) is 62.9 Å². The van der Waals surface area contributed by atoms with Crippen LogP contribution < -0.4 is 5.69 Å².